The minimum atomic E-state index is 0.244. The molecule has 104 valence electrons. The molecule has 3 heterocycles. The van der Waals surface area contributed by atoms with E-state index in [-0.39, 0.29) is 5.91 Å². The van der Waals surface area contributed by atoms with E-state index in [9.17, 15) is 4.79 Å². The molecule has 0 saturated carbocycles. The molecule has 3 rings (SSSR count). The van der Waals surface area contributed by atoms with E-state index in [0.29, 0.717) is 17.5 Å². The summed E-state index contributed by atoms with van der Waals surface area (Å²) in [5.41, 5.74) is 0.856. The molecule has 20 heavy (non-hydrogen) atoms. The van der Waals surface area contributed by atoms with Crippen molar-refractivity contribution in [3.8, 4) is 11.5 Å². The highest BCUT2D eigenvalue weighted by Gasteiger charge is 2.19. The van der Waals surface area contributed by atoms with E-state index in [4.69, 9.17) is 4.42 Å². The van der Waals surface area contributed by atoms with Gasteiger partial charge in [-0.3, -0.25) is 9.78 Å². The molecule has 0 N–H and O–H groups in total. The molecule has 1 aliphatic heterocycles. The maximum absolute atomic E-state index is 11.5. The van der Waals surface area contributed by atoms with E-state index in [1.165, 1.54) is 11.8 Å². The highest BCUT2D eigenvalue weighted by molar-refractivity contribution is 7.99. The molecule has 1 aliphatic rings. The van der Waals surface area contributed by atoms with E-state index in [0.717, 1.165) is 30.8 Å². The van der Waals surface area contributed by atoms with Crippen LogP contribution < -0.4 is 0 Å². The standard InChI is InChI=1S/C13H14N4O2S/c18-11-2-1-7-17(11)8-9-20-13-16-15-12(19-13)10-3-5-14-6-4-10/h3-6H,1-2,7-9H2. The molecule has 0 aliphatic carbocycles. The number of hydrogen-bond donors (Lipinski definition) is 0. The summed E-state index contributed by atoms with van der Waals surface area (Å²) in [6, 6.07) is 3.65. The van der Waals surface area contributed by atoms with Gasteiger partial charge in [0.15, 0.2) is 0 Å². The van der Waals surface area contributed by atoms with Crippen LogP contribution in [0, 0.1) is 0 Å². The Morgan fingerprint density at radius 1 is 1.30 bits per heavy atom. The van der Waals surface area contributed by atoms with Gasteiger partial charge >= 0.3 is 0 Å². The van der Waals surface area contributed by atoms with Crippen molar-refractivity contribution in [2.45, 2.75) is 18.1 Å². The predicted molar refractivity (Wildman–Crippen MR) is 74.1 cm³/mol. The van der Waals surface area contributed by atoms with Gasteiger partial charge in [0.2, 0.25) is 11.8 Å². The molecule has 0 atom stereocenters. The molecule has 0 bridgehead atoms. The lowest BCUT2D eigenvalue weighted by molar-refractivity contribution is -0.127. The van der Waals surface area contributed by atoms with Crippen LogP contribution in [0.4, 0.5) is 0 Å². The number of thioether (sulfide) groups is 1. The SMILES string of the molecule is O=C1CCCN1CCSc1nnc(-c2ccncc2)o1. The number of aromatic nitrogens is 3. The minimum Gasteiger partial charge on any atom is -0.411 e. The van der Waals surface area contributed by atoms with Crippen LogP contribution in [0.3, 0.4) is 0 Å². The summed E-state index contributed by atoms with van der Waals surface area (Å²) >= 11 is 1.48. The number of rotatable bonds is 5. The zero-order chi connectivity index (χ0) is 13.8. The second-order valence-corrected chi connectivity index (χ2v) is 5.49. The van der Waals surface area contributed by atoms with Crippen molar-refractivity contribution >= 4 is 17.7 Å². The van der Waals surface area contributed by atoms with Gasteiger partial charge in [0.1, 0.15) is 0 Å². The Kier molecular flexibility index (Phi) is 3.96. The number of likely N-dealkylation sites (tertiary alicyclic amines) is 1. The Bertz CT molecular complexity index is 587. The van der Waals surface area contributed by atoms with Crippen LogP contribution in [0.1, 0.15) is 12.8 Å². The number of carbonyl (C=O) groups excluding carboxylic acids is 1. The second kappa shape index (κ2) is 6.04. The van der Waals surface area contributed by atoms with Gasteiger partial charge in [0.25, 0.3) is 5.22 Å². The average Bonchev–Trinajstić information content (AvgIpc) is 3.10. The molecular weight excluding hydrogens is 276 g/mol. The van der Waals surface area contributed by atoms with Crippen molar-refractivity contribution in [2.24, 2.45) is 0 Å². The molecule has 1 fully saturated rings. The van der Waals surface area contributed by atoms with Gasteiger partial charge in [-0.25, -0.2) is 0 Å². The number of amides is 1. The van der Waals surface area contributed by atoms with Crippen molar-refractivity contribution in [3.63, 3.8) is 0 Å². The smallest absolute Gasteiger partial charge is 0.276 e. The van der Waals surface area contributed by atoms with Crippen LogP contribution in [0.5, 0.6) is 0 Å². The van der Waals surface area contributed by atoms with E-state index in [2.05, 4.69) is 15.2 Å². The van der Waals surface area contributed by atoms with E-state index in [1.54, 1.807) is 12.4 Å². The lowest BCUT2D eigenvalue weighted by atomic mass is 10.3. The fourth-order valence-electron chi connectivity index (χ4n) is 2.06. The Morgan fingerprint density at radius 2 is 2.15 bits per heavy atom. The van der Waals surface area contributed by atoms with Crippen LogP contribution in [0.25, 0.3) is 11.5 Å². The monoisotopic (exact) mass is 290 g/mol. The van der Waals surface area contributed by atoms with E-state index < -0.39 is 0 Å². The summed E-state index contributed by atoms with van der Waals surface area (Å²) in [7, 11) is 0. The molecule has 2 aromatic rings. The summed E-state index contributed by atoms with van der Waals surface area (Å²) in [6.07, 6.45) is 5.02. The summed E-state index contributed by atoms with van der Waals surface area (Å²) in [5.74, 6) is 1.50. The highest BCUT2D eigenvalue weighted by Crippen LogP contribution is 2.23. The predicted octanol–water partition coefficient (Wildman–Crippen LogP) is 1.85. The Hall–Kier alpha value is -1.89. The first-order valence-electron chi connectivity index (χ1n) is 6.47. The van der Waals surface area contributed by atoms with Crippen LogP contribution in [0.15, 0.2) is 34.2 Å². The van der Waals surface area contributed by atoms with Crippen molar-refractivity contribution < 1.29 is 9.21 Å². The Morgan fingerprint density at radius 3 is 2.90 bits per heavy atom. The molecule has 1 amide bonds. The lowest BCUT2D eigenvalue weighted by Gasteiger charge is -2.13. The fraction of sp³-hybridized carbons (Fsp3) is 0.385. The first kappa shape index (κ1) is 13.1. The normalized spacial score (nSPS) is 15.0. The summed E-state index contributed by atoms with van der Waals surface area (Å²) in [4.78, 5) is 17.3. The van der Waals surface area contributed by atoms with Crippen molar-refractivity contribution in [1.82, 2.24) is 20.1 Å². The summed E-state index contributed by atoms with van der Waals surface area (Å²) < 4.78 is 5.57. The third-order valence-corrected chi connectivity index (χ3v) is 3.89. The van der Waals surface area contributed by atoms with Crippen LogP contribution in [-0.2, 0) is 4.79 Å². The molecule has 6 nitrogen and oxygen atoms in total. The van der Waals surface area contributed by atoms with Gasteiger partial charge in [-0.2, -0.15) is 0 Å². The topological polar surface area (TPSA) is 72.1 Å². The highest BCUT2D eigenvalue weighted by atomic mass is 32.2. The van der Waals surface area contributed by atoms with Gasteiger partial charge in [-0.05, 0) is 18.6 Å². The van der Waals surface area contributed by atoms with Gasteiger partial charge in [-0.15, -0.1) is 10.2 Å². The zero-order valence-corrected chi connectivity index (χ0v) is 11.7. The van der Waals surface area contributed by atoms with Crippen LogP contribution >= 0.6 is 11.8 Å². The first-order valence-corrected chi connectivity index (χ1v) is 7.46. The van der Waals surface area contributed by atoms with Crippen LogP contribution in [0.2, 0.25) is 0 Å². The Labute approximate surface area is 120 Å². The van der Waals surface area contributed by atoms with E-state index in [1.807, 2.05) is 17.0 Å². The molecule has 7 heteroatoms. The fourth-order valence-corrected chi connectivity index (χ4v) is 2.79. The number of carbonyl (C=O) groups is 1. The first-order chi connectivity index (χ1) is 9.83. The third-order valence-electron chi connectivity index (χ3n) is 3.09. The number of hydrogen-bond acceptors (Lipinski definition) is 6. The second-order valence-electron chi connectivity index (χ2n) is 4.44. The molecule has 1 saturated heterocycles. The number of nitrogens with zero attached hydrogens (tertiary/aromatic N) is 4. The van der Waals surface area contributed by atoms with Gasteiger partial charge in [0.05, 0.1) is 0 Å². The summed E-state index contributed by atoms with van der Waals surface area (Å²) in [5, 5.41) is 8.54. The Balaban J connectivity index is 1.54. The average molecular weight is 290 g/mol. The lowest BCUT2D eigenvalue weighted by Crippen LogP contribution is -2.26. The number of pyridine rings is 1. The van der Waals surface area contributed by atoms with Crippen LogP contribution in [-0.4, -0.2) is 44.8 Å². The molecular formula is C13H14N4O2S. The molecule has 0 radical (unpaired) electrons. The van der Waals surface area contributed by atoms with Gasteiger partial charge in [0, 0.05) is 43.2 Å². The molecule has 0 unspecified atom stereocenters. The molecule has 0 spiro atoms. The van der Waals surface area contributed by atoms with Gasteiger partial charge in [-0.1, -0.05) is 11.8 Å². The van der Waals surface area contributed by atoms with Gasteiger partial charge < -0.3 is 9.32 Å². The zero-order valence-electron chi connectivity index (χ0n) is 10.9. The van der Waals surface area contributed by atoms with Crippen molar-refractivity contribution in [2.75, 3.05) is 18.8 Å². The quantitative estimate of drug-likeness (QED) is 0.782. The maximum Gasteiger partial charge on any atom is 0.276 e. The molecule has 0 aromatic carbocycles. The summed E-state index contributed by atoms with van der Waals surface area (Å²) in [6.45, 7) is 1.60. The van der Waals surface area contributed by atoms with Crippen molar-refractivity contribution in [1.29, 1.82) is 0 Å². The molecule has 2 aromatic heterocycles. The largest absolute Gasteiger partial charge is 0.411 e. The third kappa shape index (κ3) is 2.98. The van der Waals surface area contributed by atoms with Crippen molar-refractivity contribution in [3.05, 3.63) is 24.5 Å². The maximum atomic E-state index is 11.5. The van der Waals surface area contributed by atoms with E-state index >= 15 is 0 Å². The minimum absolute atomic E-state index is 0.244.